The van der Waals surface area contributed by atoms with Crippen molar-refractivity contribution >= 4 is 29.3 Å². The van der Waals surface area contributed by atoms with Crippen LogP contribution in [0, 0.1) is 17.8 Å². The van der Waals surface area contributed by atoms with Crippen LogP contribution >= 0.6 is 23.4 Å². The standard InChI is InChI=1S/C23H39ClN2O5S/c1-12(24)18(17-10-16(27)20(28)23(31-17)32-2)26-22(29)19-21-15(11-25-19)9-14(7-8-30-21)13-5-3-4-6-13/h12-21,23,25,27-28H,3-11H2,1-2H3,(H,26,29)/t12-,14?,15-,16+,17-,18+,19-,20?,21+,23?/m0/s1. The van der Waals surface area contributed by atoms with Crippen molar-refractivity contribution in [3.63, 3.8) is 0 Å². The van der Waals surface area contributed by atoms with Crippen molar-refractivity contribution in [3.8, 4) is 0 Å². The topological polar surface area (TPSA) is 100 Å². The van der Waals surface area contributed by atoms with Gasteiger partial charge in [-0.3, -0.25) is 4.79 Å². The van der Waals surface area contributed by atoms with Crippen LogP contribution in [0.15, 0.2) is 0 Å². The maximum Gasteiger partial charge on any atom is 0.240 e. The normalized spacial score (nSPS) is 42.8. The second kappa shape index (κ2) is 11.1. The highest BCUT2D eigenvalue weighted by Crippen LogP contribution is 2.40. The smallest absolute Gasteiger partial charge is 0.240 e. The minimum absolute atomic E-state index is 0.119. The monoisotopic (exact) mass is 490 g/mol. The first-order valence-corrected chi connectivity index (χ1v) is 13.9. The van der Waals surface area contributed by atoms with Gasteiger partial charge in [-0.1, -0.05) is 25.7 Å². The lowest BCUT2D eigenvalue weighted by Crippen LogP contribution is -2.59. The summed E-state index contributed by atoms with van der Waals surface area (Å²) < 4.78 is 12.2. The number of nitrogens with one attached hydrogen (secondary N) is 2. The van der Waals surface area contributed by atoms with Crippen molar-refractivity contribution in [2.45, 2.75) is 99.2 Å². The second-order valence-electron chi connectivity index (χ2n) is 10.1. The number of amides is 1. The van der Waals surface area contributed by atoms with Crippen molar-refractivity contribution in [3.05, 3.63) is 0 Å². The first-order chi connectivity index (χ1) is 15.4. The Morgan fingerprint density at radius 3 is 2.59 bits per heavy atom. The first kappa shape index (κ1) is 25.0. The summed E-state index contributed by atoms with van der Waals surface area (Å²) in [5, 5.41) is 26.5. The highest BCUT2D eigenvalue weighted by molar-refractivity contribution is 7.99. The van der Waals surface area contributed by atoms with Crippen LogP contribution in [0.1, 0.15) is 51.9 Å². The Morgan fingerprint density at radius 2 is 1.91 bits per heavy atom. The predicted octanol–water partition coefficient (Wildman–Crippen LogP) is 1.87. The molecule has 4 rings (SSSR count). The van der Waals surface area contributed by atoms with E-state index in [9.17, 15) is 15.0 Å². The van der Waals surface area contributed by atoms with E-state index in [-0.39, 0.29) is 18.4 Å². The number of halogens is 1. The molecule has 1 aliphatic carbocycles. The number of thioether (sulfide) groups is 1. The Balaban J connectivity index is 1.39. The first-order valence-electron chi connectivity index (χ1n) is 12.2. The third kappa shape index (κ3) is 5.42. The van der Waals surface area contributed by atoms with Crippen molar-refractivity contribution in [1.82, 2.24) is 10.6 Å². The van der Waals surface area contributed by atoms with E-state index in [1.165, 1.54) is 37.4 Å². The number of carbonyl (C=O) groups is 1. The average molecular weight is 491 g/mol. The van der Waals surface area contributed by atoms with Crippen LogP contribution in [0.5, 0.6) is 0 Å². The Kier molecular flexibility index (Phi) is 8.68. The van der Waals surface area contributed by atoms with Gasteiger partial charge in [-0.05, 0) is 43.8 Å². The number of fused-ring (bicyclic) bond motifs is 1. The van der Waals surface area contributed by atoms with Crippen molar-refractivity contribution in [2.24, 2.45) is 17.8 Å². The molecule has 7 nitrogen and oxygen atoms in total. The van der Waals surface area contributed by atoms with Gasteiger partial charge in [0.2, 0.25) is 5.91 Å². The molecule has 0 bridgehead atoms. The fourth-order valence-electron chi connectivity index (χ4n) is 6.24. The van der Waals surface area contributed by atoms with Gasteiger partial charge in [-0.15, -0.1) is 23.4 Å². The SMILES string of the molecule is CSC1O[C@H]([C@H](NC(=O)[C@H]2NC[C@@H]3CC(C4CCCC4)CCO[C@H]32)[C@H](C)Cl)C[C@@H](O)C1O. The number of alkyl halides is 1. The summed E-state index contributed by atoms with van der Waals surface area (Å²) >= 11 is 7.80. The zero-order valence-electron chi connectivity index (χ0n) is 19.1. The Hall–Kier alpha value is -0.0900. The molecule has 184 valence electrons. The molecule has 9 heteroatoms. The van der Waals surface area contributed by atoms with Gasteiger partial charge in [0.15, 0.2) is 0 Å². The van der Waals surface area contributed by atoms with Gasteiger partial charge in [0.05, 0.1) is 29.7 Å². The third-order valence-electron chi connectivity index (χ3n) is 8.04. The summed E-state index contributed by atoms with van der Waals surface area (Å²) in [5.41, 5.74) is -0.551. The summed E-state index contributed by atoms with van der Waals surface area (Å²) in [7, 11) is 0. The lowest BCUT2D eigenvalue weighted by atomic mass is 9.81. The minimum Gasteiger partial charge on any atom is -0.390 e. The van der Waals surface area contributed by atoms with E-state index >= 15 is 0 Å². The molecule has 0 spiro atoms. The summed E-state index contributed by atoms with van der Waals surface area (Å²) in [6.07, 6.45) is 7.21. The quantitative estimate of drug-likeness (QED) is 0.422. The zero-order chi connectivity index (χ0) is 22.8. The van der Waals surface area contributed by atoms with Crippen LogP contribution in [0.3, 0.4) is 0 Å². The highest BCUT2D eigenvalue weighted by Gasteiger charge is 2.46. The van der Waals surface area contributed by atoms with Crippen molar-refractivity contribution < 1.29 is 24.5 Å². The molecule has 1 amide bonds. The van der Waals surface area contributed by atoms with Crippen molar-refractivity contribution in [2.75, 3.05) is 19.4 Å². The molecule has 32 heavy (non-hydrogen) atoms. The van der Waals surface area contributed by atoms with Crippen LogP contribution in [0.2, 0.25) is 0 Å². The Morgan fingerprint density at radius 1 is 1.16 bits per heavy atom. The lowest BCUT2D eigenvalue weighted by molar-refractivity contribution is -0.148. The third-order valence-corrected chi connectivity index (χ3v) is 9.16. The van der Waals surface area contributed by atoms with Gasteiger partial charge >= 0.3 is 0 Å². The average Bonchev–Trinajstić information content (AvgIpc) is 3.39. The van der Waals surface area contributed by atoms with E-state index < -0.39 is 41.2 Å². The molecule has 10 atom stereocenters. The van der Waals surface area contributed by atoms with E-state index in [1.54, 1.807) is 0 Å². The molecular weight excluding hydrogens is 452 g/mol. The predicted molar refractivity (Wildman–Crippen MR) is 126 cm³/mol. The number of aliphatic hydroxyl groups is 2. The van der Waals surface area contributed by atoms with Crippen LogP contribution in [-0.4, -0.2) is 82.8 Å². The van der Waals surface area contributed by atoms with E-state index in [0.717, 1.165) is 25.3 Å². The molecular formula is C23H39ClN2O5S. The maximum atomic E-state index is 13.3. The van der Waals surface area contributed by atoms with E-state index in [2.05, 4.69) is 10.6 Å². The second-order valence-corrected chi connectivity index (χ2v) is 11.7. The molecule has 3 unspecified atom stereocenters. The number of rotatable bonds is 6. The molecule has 3 aliphatic heterocycles. The van der Waals surface area contributed by atoms with Gasteiger partial charge in [0.1, 0.15) is 17.6 Å². The maximum absolute atomic E-state index is 13.3. The molecule has 0 aromatic carbocycles. The molecule has 0 aromatic rings. The van der Waals surface area contributed by atoms with Crippen molar-refractivity contribution in [1.29, 1.82) is 0 Å². The molecule has 0 aromatic heterocycles. The molecule has 4 fully saturated rings. The van der Waals surface area contributed by atoms with E-state index in [0.29, 0.717) is 18.4 Å². The number of carbonyl (C=O) groups excluding carboxylic acids is 1. The van der Waals surface area contributed by atoms with E-state index in [4.69, 9.17) is 21.1 Å². The number of aliphatic hydroxyl groups excluding tert-OH is 2. The minimum atomic E-state index is -0.951. The highest BCUT2D eigenvalue weighted by atomic mass is 35.5. The zero-order valence-corrected chi connectivity index (χ0v) is 20.7. The largest absolute Gasteiger partial charge is 0.390 e. The van der Waals surface area contributed by atoms with Crippen LogP contribution in [0.4, 0.5) is 0 Å². The molecule has 4 N–H and O–H groups in total. The molecule has 4 aliphatic rings. The fourth-order valence-corrected chi connectivity index (χ4v) is 7.18. The summed E-state index contributed by atoms with van der Waals surface area (Å²) in [5.74, 6) is 1.76. The molecule has 0 radical (unpaired) electrons. The molecule has 1 saturated carbocycles. The van der Waals surface area contributed by atoms with E-state index in [1.807, 2.05) is 13.2 Å². The Labute approximate surface area is 200 Å². The van der Waals surface area contributed by atoms with Gasteiger partial charge < -0.3 is 30.3 Å². The van der Waals surface area contributed by atoms with Gasteiger partial charge in [0, 0.05) is 19.6 Å². The van der Waals surface area contributed by atoms with Crippen LogP contribution in [0.25, 0.3) is 0 Å². The number of hydrogen-bond donors (Lipinski definition) is 4. The fraction of sp³-hybridized carbons (Fsp3) is 0.957. The molecule has 3 heterocycles. The summed E-state index contributed by atoms with van der Waals surface area (Å²) in [4.78, 5) is 13.3. The van der Waals surface area contributed by atoms with Gasteiger partial charge in [0.25, 0.3) is 0 Å². The van der Waals surface area contributed by atoms with Gasteiger partial charge in [-0.25, -0.2) is 0 Å². The summed E-state index contributed by atoms with van der Waals surface area (Å²) in [6.45, 7) is 3.33. The number of ether oxygens (including phenoxy) is 2. The lowest BCUT2D eigenvalue weighted by Gasteiger charge is -2.41. The Bertz CT molecular complexity index is 638. The molecule has 3 saturated heterocycles. The van der Waals surface area contributed by atoms with Gasteiger partial charge in [-0.2, -0.15) is 0 Å². The van der Waals surface area contributed by atoms with Crippen LogP contribution < -0.4 is 10.6 Å². The summed E-state index contributed by atoms with van der Waals surface area (Å²) in [6, 6.07) is -0.880. The number of hydrogen-bond acceptors (Lipinski definition) is 7. The van der Waals surface area contributed by atoms with Crippen LogP contribution in [-0.2, 0) is 14.3 Å².